The van der Waals surface area contributed by atoms with Crippen molar-refractivity contribution >= 4 is 17.5 Å². The Morgan fingerprint density at radius 1 is 1.25 bits per heavy atom. The molecule has 0 spiro atoms. The van der Waals surface area contributed by atoms with Gasteiger partial charge in [0, 0.05) is 5.56 Å². The molecule has 7 heteroatoms. The summed E-state index contributed by atoms with van der Waals surface area (Å²) in [6, 6.07) is 13.7. The van der Waals surface area contributed by atoms with E-state index in [0.717, 1.165) is 5.56 Å². The summed E-state index contributed by atoms with van der Waals surface area (Å²) in [6.45, 7) is 2.11. The average Bonchev–Trinajstić information content (AvgIpc) is 2.85. The SMILES string of the molecule is CNC(C)C(=O)NC1COc2ccccc2N(Cc2ccccc2OC)C1=O. The molecule has 2 aromatic carbocycles. The molecule has 1 aliphatic heterocycles. The fourth-order valence-electron chi connectivity index (χ4n) is 3.05. The van der Waals surface area contributed by atoms with Crippen molar-refractivity contribution in [3.05, 3.63) is 54.1 Å². The van der Waals surface area contributed by atoms with Crippen molar-refractivity contribution in [3.8, 4) is 11.5 Å². The second-order valence-corrected chi connectivity index (χ2v) is 6.59. The highest BCUT2D eigenvalue weighted by molar-refractivity contribution is 6.01. The summed E-state index contributed by atoms with van der Waals surface area (Å²) in [5.41, 5.74) is 1.53. The Hall–Kier alpha value is -3.06. The number of amides is 2. The number of fused-ring (bicyclic) bond motifs is 1. The second kappa shape index (κ2) is 8.75. The predicted octanol–water partition coefficient (Wildman–Crippen LogP) is 1.71. The minimum atomic E-state index is -0.787. The largest absolute Gasteiger partial charge is 0.496 e. The maximum atomic E-state index is 13.3. The number of anilines is 1. The zero-order valence-corrected chi connectivity index (χ0v) is 16.3. The number of methoxy groups -OCH3 is 1. The number of carbonyl (C=O) groups is 2. The maximum Gasteiger partial charge on any atom is 0.253 e. The van der Waals surface area contributed by atoms with Crippen LogP contribution in [0.15, 0.2) is 48.5 Å². The lowest BCUT2D eigenvalue weighted by molar-refractivity contribution is -0.129. The normalized spacial score (nSPS) is 17.2. The van der Waals surface area contributed by atoms with E-state index < -0.39 is 12.1 Å². The van der Waals surface area contributed by atoms with Crippen molar-refractivity contribution in [2.24, 2.45) is 0 Å². The predicted molar refractivity (Wildman–Crippen MR) is 107 cm³/mol. The summed E-state index contributed by atoms with van der Waals surface area (Å²) < 4.78 is 11.3. The Morgan fingerprint density at radius 3 is 2.71 bits per heavy atom. The molecule has 0 aliphatic carbocycles. The lowest BCUT2D eigenvalue weighted by Gasteiger charge is -2.26. The number of benzene rings is 2. The van der Waals surface area contributed by atoms with E-state index in [4.69, 9.17) is 9.47 Å². The van der Waals surface area contributed by atoms with Gasteiger partial charge in [-0.05, 0) is 32.2 Å². The van der Waals surface area contributed by atoms with Gasteiger partial charge in [0.25, 0.3) is 5.91 Å². The smallest absolute Gasteiger partial charge is 0.253 e. The van der Waals surface area contributed by atoms with Gasteiger partial charge in [0.15, 0.2) is 0 Å². The molecule has 0 aromatic heterocycles. The first-order valence-electron chi connectivity index (χ1n) is 9.18. The first kappa shape index (κ1) is 19.7. The highest BCUT2D eigenvalue weighted by Crippen LogP contribution is 2.33. The number of para-hydroxylation sites is 3. The number of nitrogens with zero attached hydrogens (tertiary/aromatic N) is 1. The van der Waals surface area contributed by atoms with Gasteiger partial charge in [-0.3, -0.25) is 9.59 Å². The van der Waals surface area contributed by atoms with E-state index in [1.165, 1.54) is 0 Å². The number of nitrogens with one attached hydrogen (secondary N) is 2. The van der Waals surface area contributed by atoms with Crippen molar-refractivity contribution in [3.63, 3.8) is 0 Å². The molecule has 28 heavy (non-hydrogen) atoms. The third-order valence-corrected chi connectivity index (χ3v) is 4.79. The van der Waals surface area contributed by atoms with Crippen LogP contribution in [0.5, 0.6) is 11.5 Å². The monoisotopic (exact) mass is 383 g/mol. The quantitative estimate of drug-likeness (QED) is 0.794. The molecule has 3 rings (SSSR count). The molecule has 1 aliphatic rings. The molecule has 2 N–H and O–H groups in total. The van der Waals surface area contributed by atoms with Gasteiger partial charge in [-0.1, -0.05) is 30.3 Å². The van der Waals surface area contributed by atoms with E-state index in [0.29, 0.717) is 23.7 Å². The topological polar surface area (TPSA) is 79.9 Å². The number of hydrogen-bond acceptors (Lipinski definition) is 5. The van der Waals surface area contributed by atoms with Crippen molar-refractivity contribution < 1.29 is 19.1 Å². The van der Waals surface area contributed by atoms with Gasteiger partial charge in [-0.15, -0.1) is 0 Å². The van der Waals surface area contributed by atoms with Crippen LogP contribution in [-0.4, -0.2) is 44.7 Å². The maximum absolute atomic E-state index is 13.3. The minimum Gasteiger partial charge on any atom is -0.496 e. The zero-order valence-electron chi connectivity index (χ0n) is 16.3. The van der Waals surface area contributed by atoms with Crippen LogP contribution in [0, 0.1) is 0 Å². The fourth-order valence-corrected chi connectivity index (χ4v) is 3.05. The van der Waals surface area contributed by atoms with Gasteiger partial charge in [-0.2, -0.15) is 0 Å². The molecule has 148 valence electrons. The lowest BCUT2D eigenvalue weighted by Crippen LogP contribution is -2.53. The van der Waals surface area contributed by atoms with Crippen LogP contribution in [0.2, 0.25) is 0 Å². The van der Waals surface area contributed by atoms with Crippen LogP contribution >= 0.6 is 0 Å². The molecule has 0 radical (unpaired) electrons. The first-order valence-corrected chi connectivity index (χ1v) is 9.18. The molecule has 2 atom stereocenters. The van der Waals surface area contributed by atoms with Crippen molar-refractivity contribution in [1.29, 1.82) is 0 Å². The Morgan fingerprint density at radius 2 is 1.96 bits per heavy atom. The van der Waals surface area contributed by atoms with Crippen molar-refractivity contribution in [2.45, 2.75) is 25.6 Å². The summed E-state index contributed by atoms with van der Waals surface area (Å²) >= 11 is 0. The van der Waals surface area contributed by atoms with E-state index in [1.807, 2.05) is 48.5 Å². The average molecular weight is 383 g/mol. The zero-order chi connectivity index (χ0) is 20.1. The molecule has 1 heterocycles. The molecular formula is C21H25N3O4. The molecule has 0 saturated heterocycles. The van der Waals surface area contributed by atoms with Crippen LogP contribution in [0.25, 0.3) is 0 Å². The van der Waals surface area contributed by atoms with E-state index in [-0.39, 0.29) is 18.4 Å². The molecular weight excluding hydrogens is 358 g/mol. The van der Waals surface area contributed by atoms with Gasteiger partial charge in [0.05, 0.1) is 25.4 Å². The Labute approximate surface area is 164 Å². The van der Waals surface area contributed by atoms with Gasteiger partial charge < -0.3 is 25.0 Å². The van der Waals surface area contributed by atoms with Crippen LogP contribution < -0.4 is 25.0 Å². The molecule has 0 bridgehead atoms. The summed E-state index contributed by atoms with van der Waals surface area (Å²) in [5, 5.41) is 5.66. The Bertz CT molecular complexity index is 855. The number of carbonyl (C=O) groups excluding carboxylic acids is 2. The van der Waals surface area contributed by atoms with Crippen LogP contribution in [0.4, 0.5) is 5.69 Å². The van der Waals surface area contributed by atoms with Crippen LogP contribution in [0.3, 0.4) is 0 Å². The summed E-state index contributed by atoms with van der Waals surface area (Å²) in [5.74, 6) is 0.812. The van der Waals surface area contributed by atoms with Gasteiger partial charge in [0.2, 0.25) is 5.91 Å². The van der Waals surface area contributed by atoms with Crippen LogP contribution in [-0.2, 0) is 16.1 Å². The Balaban J connectivity index is 1.93. The number of ether oxygens (including phenoxy) is 2. The summed E-state index contributed by atoms with van der Waals surface area (Å²) in [6.07, 6.45) is 0. The second-order valence-electron chi connectivity index (χ2n) is 6.59. The highest BCUT2D eigenvalue weighted by Gasteiger charge is 2.33. The molecule has 7 nitrogen and oxygen atoms in total. The fraction of sp³-hybridized carbons (Fsp3) is 0.333. The third-order valence-electron chi connectivity index (χ3n) is 4.79. The number of likely N-dealkylation sites (N-methyl/N-ethyl adjacent to an activating group) is 1. The minimum absolute atomic E-state index is 0.0699. The van der Waals surface area contributed by atoms with E-state index >= 15 is 0 Å². The van der Waals surface area contributed by atoms with Crippen molar-refractivity contribution in [2.75, 3.05) is 25.7 Å². The standard InChI is InChI=1S/C21H25N3O4/c1-14(22-2)20(25)23-16-13-28-19-11-7-5-9-17(19)24(21(16)26)12-15-8-4-6-10-18(15)27-3/h4-11,14,16,22H,12-13H2,1-3H3,(H,23,25). The first-order chi connectivity index (χ1) is 13.5. The molecule has 2 aromatic rings. The highest BCUT2D eigenvalue weighted by atomic mass is 16.5. The molecule has 2 unspecified atom stereocenters. The molecule has 0 saturated carbocycles. The van der Waals surface area contributed by atoms with Crippen molar-refractivity contribution in [1.82, 2.24) is 10.6 Å². The Kier molecular flexibility index (Phi) is 6.16. The van der Waals surface area contributed by atoms with Gasteiger partial charge in [0.1, 0.15) is 24.1 Å². The van der Waals surface area contributed by atoms with Crippen LogP contribution in [0.1, 0.15) is 12.5 Å². The van der Waals surface area contributed by atoms with E-state index in [2.05, 4.69) is 10.6 Å². The molecule has 0 fully saturated rings. The number of hydrogen-bond donors (Lipinski definition) is 2. The van der Waals surface area contributed by atoms with E-state index in [1.54, 1.807) is 26.0 Å². The third kappa shape index (κ3) is 4.09. The lowest BCUT2D eigenvalue weighted by atomic mass is 10.1. The molecule has 2 amide bonds. The van der Waals surface area contributed by atoms with Gasteiger partial charge >= 0.3 is 0 Å². The number of rotatable bonds is 6. The summed E-state index contributed by atoms with van der Waals surface area (Å²) in [4.78, 5) is 27.3. The van der Waals surface area contributed by atoms with Gasteiger partial charge in [-0.25, -0.2) is 0 Å². The summed E-state index contributed by atoms with van der Waals surface area (Å²) in [7, 11) is 3.29. The van der Waals surface area contributed by atoms with E-state index in [9.17, 15) is 9.59 Å².